The first-order valence-corrected chi connectivity index (χ1v) is 5.71. The zero-order valence-corrected chi connectivity index (χ0v) is 10.6. The van der Waals surface area contributed by atoms with Crippen molar-refractivity contribution in [2.75, 3.05) is 27.3 Å². The SMILES string of the molecule is CNCC(OC(C)COC)c1cccc(F)c1. The van der Waals surface area contributed by atoms with E-state index in [1.54, 1.807) is 13.2 Å². The van der Waals surface area contributed by atoms with Gasteiger partial charge in [0, 0.05) is 13.7 Å². The van der Waals surface area contributed by atoms with E-state index < -0.39 is 0 Å². The zero-order valence-electron chi connectivity index (χ0n) is 10.6. The van der Waals surface area contributed by atoms with Crippen molar-refractivity contribution in [3.63, 3.8) is 0 Å². The number of hydrogen-bond acceptors (Lipinski definition) is 3. The predicted molar refractivity (Wildman–Crippen MR) is 65.5 cm³/mol. The van der Waals surface area contributed by atoms with Gasteiger partial charge in [-0.2, -0.15) is 0 Å². The van der Waals surface area contributed by atoms with Gasteiger partial charge in [0.15, 0.2) is 0 Å². The van der Waals surface area contributed by atoms with Crippen molar-refractivity contribution in [2.24, 2.45) is 0 Å². The van der Waals surface area contributed by atoms with Gasteiger partial charge in [-0.05, 0) is 31.7 Å². The fourth-order valence-electron chi connectivity index (χ4n) is 1.69. The normalized spacial score (nSPS) is 14.6. The molecule has 0 aromatic heterocycles. The molecule has 0 saturated heterocycles. The van der Waals surface area contributed by atoms with Crippen molar-refractivity contribution in [1.82, 2.24) is 5.32 Å². The monoisotopic (exact) mass is 241 g/mol. The average Bonchev–Trinajstić information content (AvgIpc) is 2.29. The third kappa shape index (κ3) is 4.81. The number of likely N-dealkylation sites (N-methyl/N-ethyl adjacent to an activating group) is 1. The average molecular weight is 241 g/mol. The van der Waals surface area contributed by atoms with E-state index in [1.165, 1.54) is 12.1 Å². The summed E-state index contributed by atoms with van der Waals surface area (Å²) >= 11 is 0. The summed E-state index contributed by atoms with van der Waals surface area (Å²) in [7, 11) is 3.48. The predicted octanol–water partition coefficient (Wildman–Crippen LogP) is 2.14. The number of rotatable bonds is 7. The highest BCUT2D eigenvalue weighted by Crippen LogP contribution is 2.19. The minimum Gasteiger partial charge on any atom is -0.382 e. The molecule has 2 atom stereocenters. The Bertz CT molecular complexity index is 333. The molecule has 0 radical (unpaired) electrons. The van der Waals surface area contributed by atoms with Gasteiger partial charge >= 0.3 is 0 Å². The van der Waals surface area contributed by atoms with Crippen molar-refractivity contribution in [3.8, 4) is 0 Å². The first kappa shape index (κ1) is 14.1. The number of halogens is 1. The van der Waals surface area contributed by atoms with E-state index in [0.717, 1.165) is 5.56 Å². The Hall–Kier alpha value is -0.970. The highest BCUT2D eigenvalue weighted by atomic mass is 19.1. The number of methoxy groups -OCH3 is 1. The number of nitrogens with one attached hydrogen (secondary N) is 1. The lowest BCUT2D eigenvalue weighted by molar-refractivity contribution is -0.0388. The maximum absolute atomic E-state index is 13.2. The van der Waals surface area contributed by atoms with Crippen LogP contribution in [0.5, 0.6) is 0 Å². The van der Waals surface area contributed by atoms with Gasteiger partial charge in [0.2, 0.25) is 0 Å². The minimum absolute atomic E-state index is 0.0263. The smallest absolute Gasteiger partial charge is 0.123 e. The van der Waals surface area contributed by atoms with Crippen molar-refractivity contribution in [1.29, 1.82) is 0 Å². The summed E-state index contributed by atoms with van der Waals surface area (Å²) in [6, 6.07) is 6.49. The Morgan fingerprint density at radius 3 is 2.76 bits per heavy atom. The Morgan fingerprint density at radius 2 is 2.18 bits per heavy atom. The molecular formula is C13H20FNO2. The topological polar surface area (TPSA) is 30.5 Å². The van der Waals surface area contributed by atoms with Crippen LogP contribution < -0.4 is 5.32 Å². The molecule has 0 fully saturated rings. The minimum atomic E-state index is -0.244. The van der Waals surface area contributed by atoms with E-state index in [0.29, 0.717) is 13.2 Å². The third-order valence-electron chi connectivity index (χ3n) is 2.41. The Labute approximate surface area is 102 Å². The van der Waals surface area contributed by atoms with Crippen molar-refractivity contribution < 1.29 is 13.9 Å². The maximum Gasteiger partial charge on any atom is 0.123 e. The lowest BCUT2D eigenvalue weighted by Gasteiger charge is -2.22. The molecule has 0 amide bonds. The van der Waals surface area contributed by atoms with E-state index in [2.05, 4.69) is 5.32 Å². The molecule has 2 unspecified atom stereocenters. The zero-order chi connectivity index (χ0) is 12.7. The molecule has 0 spiro atoms. The molecule has 3 nitrogen and oxygen atoms in total. The van der Waals surface area contributed by atoms with E-state index in [9.17, 15) is 4.39 Å². The molecule has 0 aliphatic rings. The van der Waals surface area contributed by atoms with E-state index >= 15 is 0 Å². The standard InChI is InChI=1S/C13H20FNO2/c1-10(9-16-3)17-13(8-15-2)11-5-4-6-12(14)7-11/h4-7,10,13,15H,8-9H2,1-3H3. The van der Waals surface area contributed by atoms with E-state index in [4.69, 9.17) is 9.47 Å². The molecule has 0 aliphatic heterocycles. The molecule has 0 aliphatic carbocycles. The molecule has 17 heavy (non-hydrogen) atoms. The van der Waals surface area contributed by atoms with Crippen LogP contribution in [0.2, 0.25) is 0 Å². The van der Waals surface area contributed by atoms with Crippen LogP contribution in [0.25, 0.3) is 0 Å². The quantitative estimate of drug-likeness (QED) is 0.793. The van der Waals surface area contributed by atoms with Crippen molar-refractivity contribution >= 4 is 0 Å². The maximum atomic E-state index is 13.2. The largest absolute Gasteiger partial charge is 0.382 e. The lowest BCUT2D eigenvalue weighted by atomic mass is 10.1. The summed E-state index contributed by atoms with van der Waals surface area (Å²) in [5.74, 6) is -0.244. The second-order valence-electron chi connectivity index (χ2n) is 4.00. The second-order valence-corrected chi connectivity index (χ2v) is 4.00. The van der Waals surface area contributed by atoms with Crippen LogP contribution in [0.1, 0.15) is 18.6 Å². The van der Waals surface area contributed by atoms with Gasteiger partial charge in [0.05, 0.1) is 18.8 Å². The van der Waals surface area contributed by atoms with Crippen LogP contribution in [0.4, 0.5) is 4.39 Å². The summed E-state index contributed by atoms with van der Waals surface area (Å²) in [5.41, 5.74) is 0.835. The Balaban J connectivity index is 2.71. The number of benzene rings is 1. The fourth-order valence-corrected chi connectivity index (χ4v) is 1.69. The Kier molecular flexibility index (Phi) is 6.11. The first-order chi connectivity index (χ1) is 8.17. The molecule has 1 N–H and O–H groups in total. The van der Waals surface area contributed by atoms with E-state index in [-0.39, 0.29) is 18.0 Å². The molecule has 1 aromatic rings. The van der Waals surface area contributed by atoms with Crippen LogP contribution in [-0.2, 0) is 9.47 Å². The molecule has 96 valence electrons. The number of hydrogen-bond donors (Lipinski definition) is 1. The molecular weight excluding hydrogens is 221 g/mol. The summed E-state index contributed by atoms with van der Waals surface area (Å²) in [4.78, 5) is 0. The summed E-state index contributed by atoms with van der Waals surface area (Å²) in [6.45, 7) is 3.10. The molecule has 0 bridgehead atoms. The highest BCUT2D eigenvalue weighted by Gasteiger charge is 2.15. The van der Waals surface area contributed by atoms with Crippen LogP contribution in [0.15, 0.2) is 24.3 Å². The van der Waals surface area contributed by atoms with Gasteiger partial charge in [0.25, 0.3) is 0 Å². The Morgan fingerprint density at radius 1 is 1.41 bits per heavy atom. The second kappa shape index (κ2) is 7.37. The van der Waals surface area contributed by atoms with Gasteiger partial charge in [-0.25, -0.2) is 4.39 Å². The van der Waals surface area contributed by atoms with Gasteiger partial charge in [-0.15, -0.1) is 0 Å². The molecule has 1 rings (SSSR count). The van der Waals surface area contributed by atoms with Gasteiger partial charge < -0.3 is 14.8 Å². The van der Waals surface area contributed by atoms with Crippen LogP contribution in [-0.4, -0.2) is 33.4 Å². The van der Waals surface area contributed by atoms with Gasteiger partial charge in [-0.3, -0.25) is 0 Å². The highest BCUT2D eigenvalue weighted by molar-refractivity contribution is 5.19. The molecule has 0 saturated carbocycles. The molecule has 0 heterocycles. The fraction of sp³-hybridized carbons (Fsp3) is 0.538. The molecule has 4 heteroatoms. The molecule has 1 aromatic carbocycles. The first-order valence-electron chi connectivity index (χ1n) is 5.71. The summed E-state index contributed by atoms with van der Waals surface area (Å²) in [6.07, 6.45) is -0.192. The third-order valence-corrected chi connectivity index (χ3v) is 2.41. The lowest BCUT2D eigenvalue weighted by Crippen LogP contribution is -2.25. The number of ether oxygens (including phenoxy) is 2. The summed E-state index contributed by atoms with van der Waals surface area (Å²) in [5, 5.41) is 3.04. The summed E-state index contributed by atoms with van der Waals surface area (Å²) < 4.78 is 24.0. The van der Waals surface area contributed by atoms with Crippen LogP contribution in [0, 0.1) is 5.82 Å². The van der Waals surface area contributed by atoms with E-state index in [1.807, 2.05) is 20.0 Å². The van der Waals surface area contributed by atoms with Crippen molar-refractivity contribution in [2.45, 2.75) is 19.1 Å². The van der Waals surface area contributed by atoms with Gasteiger partial charge in [-0.1, -0.05) is 12.1 Å². The van der Waals surface area contributed by atoms with Crippen LogP contribution >= 0.6 is 0 Å². The van der Waals surface area contributed by atoms with Gasteiger partial charge in [0.1, 0.15) is 5.82 Å². The van der Waals surface area contributed by atoms with Crippen LogP contribution in [0.3, 0.4) is 0 Å². The van der Waals surface area contributed by atoms with Crippen molar-refractivity contribution in [3.05, 3.63) is 35.6 Å².